The van der Waals surface area contributed by atoms with Crippen LogP contribution in [0.15, 0.2) is 41.3 Å². The summed E-state index contributed by atoms with van der Waals surface area (Å²) < 4.78 is 0. The zero-order valence-corrected chi connectivity index (χ0v) is 10.4. The fraction of sp³-hybridized carbons (Fsp3) is 0.385. The molecule has 0 fully saturated rings. The molecule has 0 heterocycles. The lowest BCUT2D eigenvalue weighted by atomic mass is 10.2. The van der Waals surface area contributed by atoms with Crippen molar-refractivity contribution in [3.63, 3.8) is 0 Å². The molecule has 0 bridgehead atoms. The monoisotopic (exact) mass is 221 g/mol. The molecule has 0 spiro atoms. The molecule has 1 N–H and O–H groups in total. The molecule has 0 aliphatic rings. The average Bonchev–Trinajstić information content (AvgIpc) is 2.28. The van der Waals surface area contributed by atoms with Crippen LogP contribution in [-0.2, 0) is 6.54 Å². The third-order valence-electron chi connectivity index (χ3n) is 2.25. The van der Waals surface area contributed by atoms with Crippen LogP contribution in [-0.4, -0.2) is 12.8 Å². The van der Waals surface area contributed by atoms with Crippen molar-refractivity contribution >= 4 is 11.8 Å². The summed E-state index contributed by atoms with van der Waals surface area (Å²) in [7, 11) is 1.97. The van der Waals surface area contributed by atoms with Crippen molar-refractivity contribution in [2.24, 2.45) is 0 Å². The van der Waals surface area contributed by atoms with Gasteiger partial charge in [-0.2, -0.15) is 0 Å². The van der Waals surface area contributed by atoms with Crippen molar-refractivity contribution in [1.29, 1.82) is 0 Å². The fourth-order valence-electron chi connectivity index (χ4n) is 1.20. The van der Waals surface area contributed by atoms with Gasteiger partial charge in [0.2, 0.25) is 0 Å². The van der Waals surface area contributed by atoms with E-state index in [9.17, 15) is 0 Å². The molecule has 1 aromatic carbocycles. The van der Waals surface area contributed by atoms with Crippen LogP contribution < -0.4 is 5.32 Å². The Balaban J connectivity index is 2.45. The molecule has 0 aliphatic heterocycles. The van der Waals surface area contributed by atoms with E-state index in [1.54, 1.807) is 0 Å². The second kappa shape index (κ2) is 6.70. The average molecular weight is 221 g/mol. The summed E-state index contributed by atoms with van der Waals surface area (Å²) in [6.45, 7) is 7.09. The predicted molar refractivity (Wildman–Crippen MR) is 69.4 cm³/mol. The second-order valence-corrected chi connectivity index (χ2v) is 4.62. The normalized spacial score (nSPS) is 10.3. The summed E-state index contributed by atoms with van der Waals surface area (Å²) in [4.78, 5) is 1.32. The Kier molecular flexibility index (Phi) is 5.51. The van der Waals surface area contributed by atoms with E-state index >= 15 is 0 Å². The zero-order chi connectivity index (χ0) is 11.1. The molecule has 1 nitrogen and oxygen atoms in total. The lowest BCUT2D eigenvalue weighted by Crippen LogP contribution is -2.04. The topological polar surface area (TPSA) is 12.0 Å². The largest absolute Gasteiger partial charge is 0.316 e. The Morgan fingerprint density at radius 3 is 2.53 bits per heavy atom. The van der Waals surface area contributed by atoms with Gasteiger partial charge >= 0.3 is 0 Å². The molecule has 15 heavy (non-hydrogen) atoms. The number of hydrogen-bond acceptors (Lipinski definition) is 2. The van der Waals surface area contributed by atoms with Gasteiger partial charge in [0, 0.05) is 17.2 Å². The van der Waals surface area contributed by atoms with Crippen LogP contribution in [0.5, 0.6) is 0 Å². The van der Waals surface area contributed by atoms with E-state index in [0.29, 0.717) is 0 Å². The molecule has 0 aromatic heterocycles. The molecule has 0 saturated heterocycles. The minimum absolute atomic E-state index is 0.937. The summed E-state index contributed by atoms with van der Waals surface area (Å²) in [5, 5.41) is 3.14. The van der Waals surface area contributed by atoms with Crippen LogP contribution in [0.3, 0.4) is 0 Å². The first-order valence-corrected chi connectivity index (χ1v) is 6.27. The number of rotatable bonds is 6. The van der Waals surface area contributed by atoms with Crippen LogP contribution in [0, 0.1) is 0 Å². The van der Waals surface area contributed by atoms with Gasteiger partial charge in [-0.3, -0.25) is 0 Å². The van der Waals surface area contributed by atoms with E-state index in [2.05, 4.69) is 43.1 Å². The van der Waals surface area contributed by atoms with E-state index in [-0.39, 0.29) is 0 Å². The zero-order valence-electron chi connectivity index (χ0n) is 9.55. The van der Waals surface area contributed by atoms with Gasteiger partial charge in [0.25, 0.3) is 0 Å². The van der Waals surface area contributed by atoms with E-state index in [1.165, 1.54) is 16.0 Å². The van der Waals surface area contributed by atoms with Gasteiger partial charge in [-0.25, -0.2) is 0 Å². The Hall–Kier alpha value is -0.730. The molecule has 0 atom stereocenters. The first-order valence-electron chi connectivity index (χ1n) is 5.29. The smallest absolute Gasteiger partial charge is 0.0202 e. The van der Waals surface area contributed by atoms with Crippen LogP contribution in [0.2, 0.25) is 0 Å². The number of thioether (sulfide) groups is 1. The highest BCUT2D eigenvalue weighted by Gasteiger charge is 1.96. The summed E-state index contributed by atoms with van der Waals surface area (Å²) >= 11 is 1.86. The Bertz CT molecular complexity index is 303. The molecule has 0 saturated carbocycles. The van der Waals surface area contributed by atoms with Crippen molar-refractivity contribution < 1.29 is 0 Å². The summed E-state index contributed by atoms with van der Waals surface area (Å²) in [5.41, 5.74) is 2.63. The highest BCUT2D eigenvalue weighted by molar-refractivity contribution is 7.99. The van der Waals surface area contributed by atoms with Gasteiger partial charge in [-0.05, 0) is 31.2 Å². The molecule has 0 aliphatic carbocycles. The molecule has 1 aromatic rings. The van der Waals surface area contributed by atoms with Gasteiger partial charge in [0.1, 0.15) is 0 Å². The standard InChI is InChI=1S/C13H19NS/c1-4-11(2)10-15-13-7-5-12(6-8-13)9-14-3/h5-8,14H,2,4,9-10H2,1,3H3. The molecular formula is C13H19NS. The molecule has 0 radical (unpaired) electrons. The van der Waals surface area contributed by atoms with Gasteiger partial charge in [0.15, 0.2) is 0 Å². The van der Waals surface area contributed by atoms with Gasteiger partial charge in [-0.15, -0.1) is 11.8 Å². The van der Waals surface area contributed by atoms with E-state index in [4.69, 9.17) is 0 Å². The second-order valence-electron chi connectivity index (χ2n) is 3.57. The van der Waals surface area contributed by atoms with Gasteiger partial charge < -0.3 is 5.32 Å². The molecule has 2 heteroatoms. The van der Waals surface area contributed by atoms with Crippen molar-refractivity contribution in [3.8, 4) is 0 Å². The first kappa shape index (κ1) is 12.3. The van der Waals surface area contributed by atoms with Gasteiger partial charge in [-0.1, -0.05) is 31.2 Å². The summed E-state index contributed by atoms with van der Waals surface area (Å²) in [6, 6.07) is 8.71. The van der Waals surface area contributed by atoms with E-state index < -0.39 is 0 Å². The molecule has 1 rings (SSSR count). The molecule has 0 amide bonds. The number of benzene rings is 1. The lowest BCUT2D eigenvalue weighted by molar-refractivity contribution is 0.817. The maximum Gasteiger partial charge on any atom is 0.0202 e. The van der Waals surface area contributed by atoms with E-state index in [0.717, 1.165) is 18.7 Å². The number of hydrogen-bond donors (Lipinski definition) is 1. The Morgan fingerprint density at radius 1 is 1.33 bits per heavy atom. The SMILES string of the molecule is C=C(CC)CSc1ccc(CNC)cc1. The highest BCUT2D eigenvalue weighted by Crippen LogP contribution is 2.21. The molecule has 82 valence electrons. The third-order valence-corrected chi connectivity index (χ3v) is 3.41. The number of nitrogens with one attached hydrogen (secondary N) is 1. The van der Waals surface area contributed by atoms with E-state index in [1.807, 2.05) is 18.8 Å². The van der Waals surface area contributed by atoms with Crippen molar-refractivity contribution in [2.45, 2.75) is 24.8 Å². The molecular weight excluding hydrogens is 202 g/mol. The summed E-state index contributed by atoms with van der Waals surface area (Å²) in [5.74, 6) is 1.03. The molecule has 0 unspecified atom stereocenters. The fourth-order valence-corrected chi connectivity index (χ4v) is 2.10. The van der Waals surface area contributed by atoms with Crippen LogP contribution in [0.4, 0.5) is 0 Å². The third kappa shape index (κ3) is 4.54. The van der Waals surface area contributed by atoms with Crippen molar-refractivity contribution in [2.75, 3.05) is 12.8 Å². The minimum atomic E-state index is 0.937. The van der Waals surface area contributed by atoms with Crippen LogP contribution >= 0.6 is 11.8 Å². The Morgan fingerprint density at radius 2 is 2.00 bits per heavy atom. The maximum absolute atomic E-state index is 4.00. The van der Waals surface area contributed by atoms with Crippen LogP contribution in [0.1, 0.15) is 18.9 Å². The quantitative estimate of drug-likeness (QED) is 0.583. The Labute approximate surface area is 97.0 Å². The van der Waals surface area contributed by atoms with Crippen molar-refractivity contribution in [3.05, 3.63) is 42.0 Å². The highest BCUT2D eigenvalue weighted by atomic mass is 32.2. The lowest BCUT2D eigenvalue weighted by Gasteiger charge is -2.04. The van der Waals surface area contributed by atoms with Crippen LogP contribution in [0.25, 0.3) is 0 Å². The van der Waals surface area contributed by atoms with Gasteiger partial charge in [0.05, 0.1) is 0 Å². The first-order chi connectivity index (χ1) is 7.26. The predicted octanol–water partition coefficient (Wildman–Crippen LogP) is 3.46. The minimum Gasteiger partial charge on any atom is -0.316 e. The maximum atomic E-state index is 4.00. The summed E-state index contributed by atoms with van der Waals surface area (Å²) in [6.07, 6.45) is 1.07. The van der Waals surface area contributed by atoms with Crippen molar-refractivity contribution in [1.82, 2.24) is 5.32 Å².